The molecule has 0 bridgehead atoms. The summed E-state index contributed by atoms with van der Waals surface area (Å²) in [6, 6.07) is 8.88. The lowest BCUT2D eigenvalue weighted by atomic mass is 10.1. The van der Waals surface area contributed by atoms with Crippen LogP contribution in [0.2, 0.25) is 0 Å². The quantitative estimate of drug-likeness (QED) is 0.845. The molecule has 0 radical (unpaired) electrons. The third-order valence-corrected chi connectivity index (χ3v) is 4.32. The second-order valence-corrected chi connectivity index (χ2v) is 6.70. The van der Waals surface area contributed by atoms with Crippen molar-refractivity contribution in [2.45, 2.75) is 52.3 Å². The van der Waals surface area contributed by atoms with Crippen molar-refractivity contribution in [1.82, 2.24) is 10.2 Å². The smallest absolute Gasteiger partial charge is 0.317 e. The Labute approximate surface area is 139 Å². The first-order valence-corrected chi connectivity index (χ1v) is 8.47. The topological polar surface area (TPSA) is 55.8 Å². The Morgan fingerprint density at radius 1 is 1.39 bits per heavy atom. The molecule has 0 saturated carbocycles. The number of amides is 2. The van der Waals surface area contributed by atoms with E-state index >= 15 is 0 Å². The van der Waals surface area contributed by atoms with E-state index in [9.17, 15) is 9.90 Å². The summed E-state index contributed by atoms with van der Waals surface area (Å²) in [6.07, 6.45) is 0.540. The van der Waals surface area contributed by atoms with Gasteiger partial charge in [0, 0.05) is 37.4 Å². The lowest BCUT2D eigenvalue weighted by molar-refractivity contribution is 0.119. The Morgan fingerprint density at radius 3 is 2.74 bits per heavy atom. The summed E-state index contributed by atoms with van der Waals surface area (Å²) in [5.74, 6) is 0. The Morgan fingerprint density at radius 2 is 2.09 bits per heavy atom. The average Bonchev–Trinajstić information content (AvgIpc) is 2.80. The number of carbonyl (C=O) groups is 1. The van der Waals surface area contributed by atoms with E-state index in [0.29, 0.717) is 19.1 Å². The molecule has 1 aliphatic heterocycles. The maximum Gasteiger partial charge on any atom is 0.317 e. The number of aliphatic hydroxyl groups is 1. The molecule has 0 aromatic heterocycles. The standard InChI is InChI=1S/C18H29N3O2/c1-13(2)21(12-15(4)22)18(23)19-9-10-20-14(3)11-16-7-5-6-8-17(16)20/h5-8,13-15,22H,9-12H2,1-4H3,(H,19,23). The molecule has 2 atom stereocenters. The van der Waals surface area contributed by atoms with E-state index in [1.165, 1.54) is 11.3 Å². The largest absolute Gasteiger partial charge is 0.392 e. The number of hydrogen-bond donors (Lipinski definition) is 2. The highest BCUT2D eigenvalue weighted by Crippen LogP contribution is 2.31. The van der Waals surface area contributed by atoms with Crippen LogP contribution in [0.1, 0.15) is 33.3 Å². The number of anilines is 1. The van der Waals surface area contributed by atoms with Gasteiger partial charge in [-0.25, -0.2) is 4.79 Å². The molecule has 1 heterocycles. The van der Waals surface area contributed by atoms with E-state index in [4.69, 9.17) is 0 Å². The second kappa shape index (κ2) is 7.68. The lowest BCUT2D eigenvalue weighted by Gasteiger charge is -2.29. The van der Waals surface area contributed by atoms with Crippen molar-refractivity contribution in [3.8, 4) is 0 Å². The normalized spacial score (nSPS) is 18.0. The van der Waals surface area contributed by atoms with Crippen molar-refractivity contribution in [3.05, 3.63) is 29.8 Å². The molecule has 2 unspecified atom stereocenters. The molecule has 0 aliphatic carbocycles. The van der Waals surface area contributed by atoms with Gasteiger partial charge in [0.15, 0.2) is 0 Å². The molecule has 0 saturated heterocycles. The molecule has 5 nitrogen and oxygen atoms in total. The van der Waals surface area contributed by atoms with Crippen molar-refractivity contribution in [3.63, 3.8) is 0 Å². The summed E-state index contributed by atoms with van der Waals surface area (Å²) < 4.78 is 0. The Hall–Kier alpha value is -1.75. The SMILES string of the molecule is CC(O)CN(C(=O)NCCN1c2ccccc2CC1C)C(C)C. The van der Waals surface area contributed by atoms with Gasteiger partial charge in [-0.15, -0.1) is 0 Å². The first-order chi connectivity index (χ1) is 10.9. The van der Waals surface area contributed by atoms with Gasteiger partial charge in [0.1, 0.15) is 0 Å². The van der Waals surface area contributed by atoms with E-state index in [1.54, 1.807) is 11.8 Å². The second-order valence-electron chi connectivity index (χ2n) is 6.70. The number of benzene rings is 1. The number of rotatable bonds is 6. The van der Waals surface area contributed by atoms with Gasteiger partial charge in [-0.3, -0.25) is 0 Å². The van der Waals surface area contributed by atoms with Crippen LogP contribution in [0, 0.1) is 0 Å². The van der Waals surface area contributed by atoms with Gasteiger partial charge < -0.3 is 20.2 Å². The number of urea groups is 1. The Bertz CT molecular complexity index is 531. The fraction of sp³-hybridized carbons (Fsp3) is 0.611. The van der Waals surface area contributed by atoms with Crippen molar-refractivity contribution in [2.24, 2.45) is 0 Å². The van der Waals surface area contributed by atoms with Crippen LogP contribution < -0.4 is 10.2 Å². The molecular formula is C18H29N3O2. The molecule has 1 aromatic carbocycles. The summed E-state index contributed by atoms with van der Waals surface area (Å²) >= 11 is 0. The molecule has 1 aromatic rings. The summed E-state index contributed by atoms with van der Waals surface area (Å²) in [6.45, 7) is 9.58. The molecule has 2 N–H and O–H groups in total. The lowest BCUT2D eigenvalue weighted by Crippen LogP contribution is -2.48. The van der Waals surface area contributed by atoms with Crippen LogP contribution in [0.5, 0.6) is 0 Å². The maximum absolute atomic E-state index is 12.3. The zero-order valence-electron chi connectivity index (χ0n) is 14.6. The summed E-state index contributed by atoms with van der Waals surface area (Å²) in [7, 11) is 0. The molecular weight excluding hydrogens is 290 g/mol. The fourth-order valence-electron chi connectivity index (χ4n) is 3.17. The summed E-state index contributed by atoms with van der Waals surface area (Å²) in [5, 5.41) is 12.5. The van der Waals surface area contributed by atoms with Gasteiger partial charge in [-0.1, -0.05) is 18.2 Å². The fourth-order valence-corrected chi connectivity index (χ4v) is 3.17. The zero-order chi connectivity index (χ0) is 17.0. The molecule has 2 amide bonds. The van der Waals surface area contributed by atoms with E-state index in [-0.39, 0.29) is 12.1 Å². The van der Waals surface area contributed by atoms with E-state index in [0.717, 1.165) is 13.0 Å². The van der Waals surface area contributed by atoms with Crippen LogP contribution in [0.25, 0.3) is 0 Å². The number of fused-ring (bicyclic) bond motifs is 1. The number of nitrogens with zero attached hydrogens (tertiary/aromatic N) is 2. The highest BCUT2D eigenvalue weighted by Gasteiger charge is 2.25. The Kier molecular flexibility index (Phi) is 5.88. The van der Waals surface area contributed by atoms with E-state index < -0.39 is 6.10 Å². The zero-order valence-corrected chi connectivity index (χ0v) is 14.6. The maximum atomic E-state index is 12.3. The van der Waals surface area contributed by atoms with Crippen molar-refractivity contribution < 1.29 is 9.90 Å². The highest BCUT2D eigenvalue weighted by atomic mass is 16.3. The third-order valence-electron chi connectivity index (χ3n) is 4.32. The summed E-state index contributed by atoms with van der Waals surface area (Å²) in [5.41, 5.74) is 2.66. The first kappa shape index (κ1) is 17.6. The third kappa shape index (κ3) is 4.38. The molecule has 5 heteroatoms. The van der Waals surface area contributed by atoms with Gasteiger partial charge >= 0.3 is 6.03 Å². The number of aliphatic hydroxyl groups excluding tert-OH is 1. The number of carbonyl (C=O) groups excluding carboxylic acids is 1. The van der Waals surface area contributed by atoms with E-state index in [2.05, 4.69) is 41.4 Å². The van der Waals surface area contributed by atoms with Gasteiger partial charge in [-0.2, -0.15) is 0 Å². The monoisotopic (exact) mass is 319 g/mol. The highest BCUT2D eigenvalue weighted by molar-refractivity contribution is 5.74. The molecule has 23 heavy (non-hydrogen) atoms. The van der Waals surface area contributed by atoms with Crippen LogP contribution in [-0.4, -0.2) is 53.9 Å². The van der Waals surface area contributed by atoms with Crippen molar-refractivity contribution >= 4 is 11.7 Å². The minimum atomic E-state index is -0.520. The molecule has 0 spiro atoms. The van der Waals surface area contributed by atoms with Gasteiger partial charge in [0.25, 0.3) is 0 Å². The molecule has 128 valence electrons. The van der Waals surface area contributed by atoms with Crippen LogP contribution in [0.3, 0.4) is 0 Å². The first-order valence-electron chi connectivity index (χ1n) is 8.47. The van der Waals surface area contributed by atoms with Crippen LogP contribution >= 0.6 is 0 Å². The van der Waals surface area contributed by atoms with E-state index in [1.807, 2.05) is 13.8 Å². The number of para-hydroxylation sites is 1. The van der Waals surface area contributed by atoms with Gasteiger partial charge in [0.05, 0.1) is 6.10 Å². The van der Waals surface area contributed by atoms with Crippen LogP contribution in [-0.2, 0) is 6.42 Å². The number of nitrogens with one attached hydrogen (secondary N) is 1. The average molecular weight is 319 g/mol. The van der Waals surface area contributed by atoms with Crippen molar-refractivity contribution in [2.75, 3.05) is 24.5 Å². The molecule has 1 aliphatic rings. The summed E-state index contributed by atoms with van der Waals surface area (Å²) in [4.78, 5) is 16.3. The minimum Gasteiger partial charge on any atom is -0.392 e. The van der Waals surface area contributed by atoms with Crippen LogP contribution in [0.15, 0.2) is 24.3 Å². The number of hydrogen-bond acceptors (Lipinski definition) is 3. The molecule has 2 rings (SSSR count). The minimum absolute atomic E-state index is 0.0658. The molecule has 0 fully saturated rings. The predicted molar refractivity (Wildman–Crippen MR) is 93.9 cm³/mol. The van der Waals surface area contributed by atoms with Crippen molar-refractivity contribution in [1.29, 1.82) is 0 Å². The van der Waals surface area contributed by atoms with Gasteiger partial charge in [-0.05, 0) is 45.7 Å². The van der Waals surface area contributed by atoms with Gasteiger partial charge in [0.2, 0.25) is 0 Å². The van der Waals surface area contributed by atoms with Crippen LogP contribution in [0.4, 0.5) is 10.5 Å². The predicted octanol–water partition coefficient (Wildman–Crippen LogP) is 2.24. The Balaban J connectivity index is 1.88.